The molecule has 0 bridgehead atoms. The zero-order chi connectivity index (χ0) is 38.9. The van der Waals surface area contributed by atoms with E-state index in [4.69, 9.17) is 2.74 Å². The molecular weight excluding hydrogens is 639 g/mol. The van der Waals surface area contributed by atoms with Gasteiger partial charge in [-0.25, -0.2) is 0 Å². The number of rotatable bonds is 8. The Kier molecular flexibility index (Phi) is 7.50. The molecule has 0 spiro atoms. The number of hydrogen-bond acceptors (Lipinski definition) is 1. The number of hydrogen-bond donors (Lipinski definition) is 0. The van der Waals surface area contributed by atoms with Crippen molar-refractivity contribution in [3.05, 3.63) is 224 Å². The zero-order valence-electron chi connectivity index (χ0n) is 33.0. The molecule has 0 aliphatic heterocycles. The second kappa shape index (κ2) is 14.3. The Labute approximate surface area is 317 Å². The lowest BCUT2D eigenvalue weighted by atomic mass is 9.89. The number of anilines is 3. The highest BCUT2D eigenvalue weighted by atomic mass is 15.1. The monoisotopic (exact) mass is 679 g/mol. The Morgan fingerprint density at radius 3 is 1.25 bits per heavy atom. The molecule has 9 aromatic rings. The van der Waals surface area contributed by atoms with E-state index in [-0.39, 0.29) is 35.4 Å². The molecule has 0 saturated heterocycles. The Bertz CT molecular complexity index is 2810. The van der Waals surface area contributed by atoms with Gasteiger partial charge >= 0.3 is 0 Å². The molecular formula is C52H37N. The van der Waals surface area contributed by atoms with Gasteiger partial charge < -0.3 is 4.90 Å². The molecule has 0 unspecified atom stereocenters. The topological polar surface area (TPSA) is 3.24 Å². The number of fused-ring (bicyclic) bond motifs is 1. The lowest BCUT2D eigenvalue weighted by Crippen LogP contribution is -2.09. The summed E-state index contributed by atoms with van der Waals surface area (Å²) in [5.41, 5.74) is 11.4. The Morgan fingerprint density at radius 2 is 0.698 bits per heavy atom. The maximum absolute atomic E-state index is 9.38. The van der Waals surface area contributed by atoms with Gasteiger partial charge in [-0.05, 0) is 103 Å². The fraction of sp³-hybridized carbons (Fsp3) is 0. The largest absolute Gasteiger partial charge is 0.311 e. The van der Waals surface area contributed by atoms with Gasteiger partial charge in [-0.1, -0.05) is 188 Å². The molecule has 53 heavy (non-hydrogen) atoms. The van der Waals surface area contributed by atoms with Crippen molar-refractivity contribution >= 4 is 27.8 Å². The van der Waals surface area contributed by atoms with Crippen LogP contribution < -0.4 is 4.90 Å². The highest BCUT2D eigenvalue weighted by molar-refractivity contribution is 6.04. The molecule has 250 valence electrons. The fourth-order valence-corrected chi connectivity index (χ4v) is 7.08. The molecule has 9 aromatic carbocycles. The molecule has 1 heteroatoms. The standard InChI is InChI=1S/C52H37N/c1-4-12-38(13-5-1)40-20-22-41(23-21-40)43-26-33-48(34-27-43)53(47-31-24-42(25-32-47)39-14-6-2-7-15-39)49-35-28-46(29-36-49)52-50-19-11-10-18-45(50)30-37-51(52)44-16-8-3-9-17-44/h1-37H/i24D,25D,31D,32D. The molecule has 9 rings (SSSR count). The smallest absolute Gasteiger partial charge is 0.0645 e. The van der Waals surface area contributed by atoms with Crippen LogP contribution in [0.2, 0.25) is 0 Å². The van der Waals surface area contributed by atoms with Gasteiger partial charge in [-0.3, -0.25) is 0 Å². The molecule has 0 aromatic heterocycles. The Balaban J connectivity index is 1.17. The average Bonchev–Trinajstić information content (AvgIpc) is 3.28. The van der Waals surface area contributed by atoms with E-state index < -0.39 is 0 Å². The molecule has 0 fully saturated rings. The first-order valence-corrected chi connectivity index (χ1v) is 17.9. The van der Waals surface area contributed by atoms with Crippen LogP contribution in [0.15, 0.2) is 224 Å². The van der Waals surface area contributed by atoms with E-state index in [0.717, 1.165) is 61.0 Å². The van der Waals surface area contributed by atoms with Crippen molar-refractivity contribution in [1.82, 2.24) is 0 Å². The van der Waals surface area contributed by atoms with Crippen LogP contribution in [-0.4, -0.2) is 0 Å². The van der Waals surface area contributed by atoms with Gasteiger partial charge in [0.15, 0.2) is 0 Å². The van der Waals surface area contributed by atoms with Crippen molar-refractivity contribution in [3.63, 3.8) is 0 Å². The third kappa shape index (κ3) is 6.53. The minimum Gasteiger partial charge on any atom is -0.311 e. The van der Waals surface area contributed by atoms with Crippen molar-refractivity contribution in [3.8, 4) is 55.6 Å². The van der Waals surface area contributed by atoms with Crippen LogP contribution in [0.1, 0.15) is 5.48 Å². The lowest BCUT2D eigenvalue weighted by molar-refractivity contribution is 1.28. The van der Waals surface area contributed by atoms with Crippen molar-refractivity contribution in [2.24, 2.45) is 0 Å². The summed E-state index contributed by atoms with van der Waals surface area (Å²) in [5.74, 6) is 0. The van der Waals surface area contributed by atoms with Gasteiger partial charge in [0.2, 0.25) is 0 Å². The lowest BCUT2D eigenvalue weighted by Gasteiger charge is -2.26. The summed E-state index contributed by atoms with van der Waals surface area (Å²) in [6.45, 7) is 0. The molecule has 0 heterocycles. The molecule has 0 aliphatic carbocycles. The maximum atomic E-state index is 9.38. The normalized spacial score (nSPS) is 12.1. The maximum Gasteiger partial charge on any atom is 0.0645 e. The van der Waals surface area contributed by atoms with Crippen molar-refractivity contribution in [2.45, 2.75) is 0 Å². The van der Waals surface area contributed by atoms with Gasteiger partial charge in [0, 0.05) is 17.1 Å². The molecule has 1 nitrogen and oxygen atoms in total. The van der Waals surface area contributed by atoms with E-state index in [1.807, 2.05) is 95.9 Å². The SMILES string of the molecule is [2H]c1c([2H])c(N(c2ccc(-c3ccc(-c4ccccc4)cc3)cc2)c2ccc(-c3c(-c4ccccc4)ccc4ccccc34)cc2)c([2H])c([2H])c1-c1ccccc1. The van der Waals surface area contributed by atoms with Crippen LogP contribution in [0.3, 0.4) is 0 Å². The van der Waals surface area contributed by atoms with Crippen molar-refractivity contribution < 1.29 is 5.48 Å². The minimum atomic E-state index is -0.111. The molecule has 0 aliphatic rings. The fourth-order valence-electron chi connectivity index (χ4n) is 7.08. The van der Waals surface area contributed by atoms with Crippen molar-refractivity contribution in [1.29, 1.82) is 0 Å². The molecule has 0 radical (unpaired) electrons. The van der Waals surface area contributed by atoms with Gasteiger partial charge in [-0.15, -0.1) is 0 Å². The highest BCUT2D eigenvalue weighted by Crippen LogP contribution is 2.41. The second-order valence-electron chi connectivity index (χ2n) is 13.0. The Morgan fingerprint density at radius 1 is 0.283 bits per heavy atom. The van der Waals surface area contributed by atoms with Crippen LogP contribution in [0.25, 0.3) is 66.4 Å². The van der Waals surface area contributed by atoms with Gasteiger partial charge in [0.25, 0.3) is 0 Å². The Hall–Kier alpha value is -6.96. The summed E-state index contributed by atoms with van der Waals surface area (Å²) in [4.78, 5) is 1.85. The summed E-state index contributed by atoms with van der Waals surface area (Å²) < 4.78 is 37.1. The molecule has 0 amide bonds. The van der Waals surface area contributed by atoms with Crippen molar-refractivity contribution in [2.75, 3.05) is 4.90 Å². The van der Waals surface area contributed by atoms with E-state index in [1.165, 1.54) is 0 Å². The summed E-state index contributed by atoms with van der Waals surface area (Å²) in [6.07, 6.45) is 0. The zero-order valence-corrected chi connectivity index (χ0v) is 29.0. The van der Waals surface area contributed by atoms with Crippen LogP contribution in [0, 0.1) is 0 Å². The summed E-state index contributed by atoms with van der Waals surface area (Å²) in [5, 5.41) is 2.29. The summed E-state index contributed by atoms with van der Waals surface area (Å²) >= 11 is 0. The molecule has 0 N–H and O–H groups in total. The predicted molar refractivity (Wildman–Crippen MR) is 226 cm³/mol. The van der Waals surface area contributed by atoms with Crippen LogP contribution >= 0.6 is 0 Å². The van der Waals surface area contributed by atoms with Gasteiger partial charge in [0.1, 0.15) is 0 Å². The van der Waals surface area contributed by atoms with E-state index in [2.05, 4.69) is 109 Å². The van der Waals surface area contributed by atoms with E-state index >= 15 is 0 Å². The van der Waals surface area contributed by atoms with E-state index in [0.29, 0.717) is 11.3 Å². The highest BCUT2D eigenvalue weighted by Gasteiger charge is 2.16. The van der Waals surface area contributed by atoms with Crippen LogP contribution in [0.4, 0.5) is 17.1 Å². The first-order chi connectivity index (χ1) is 28.0. The summed E-state index contributed by atoms with van der Waals surface area (Å²) in [6, 6.07) is 67.1. The van der Waals surface area contributed by atoms with Crippen LogP contribution in [-0.2, 0) is 0 Å². The summed E-state index contributed by atoms with van der Waals surface area (Å²) in [7, 11) is 0. The van der Waals surface area contributed by atoms with Gasteiger partial charge in [0.05, 0.1) is 5.48 Å². The second-order valence-corrected chi connectivity index (χ2v) is 13.0. The predicted octanol–water partition coefficient (Wildman–Crippen LogP) is 14.6. The number of benzene rings is 9. The first kappa shape index (κ1) is 27.7. The van der Waals surface area contributed by atoms with Crippen LogP contribution in [0.5, 0.6) is 0 Å². The molecule has 0 atom stereocenters. The third-order valence-corrected chi connectivity index (χ3v) is 9.78. The van der Waals surface area contributed by atoms with Gasteiger partial charge in [-0.2, -0.15) is 0 Å². The molecule has 0 saturated carbocycles. The number of nitrogens with zero attached hydrogens (tertiary/aromatic N) is 1. The average molecular weight is 680 g/mol. The third-order valence-electron chi connectivity index (χ3n) is 9.78. The van der Waals surface area contributed by atoms with E-state index in [1.54, 1.807) is 0 Å². The van der Waals surface area contributed by atoms with E-state index in [9.17, 15) is 2.74 Å². The first-order valence-electron chi connectivity index (χ1n) is 19.9. The minimum absolute atomic E-state index is 0.0859. The quantitative estimate of drug-likeness (QED) is 0.154.